The summed E-state index contributed by atoms with van der Waals surface area (Å²) in [5.41, 5.74) is 6.88. The summed E-state index contributed by atoms with van der Waals surface area (Å²) >= 11 is 0. The van der Waals surface area contributed by atoms with Crippen LogP contribution in [0.15, 0.2) is 35.1 Å². The predicted octanol–water partition coefficient (Wildman–Crippen LogP) is 2.07. The number of nitrogens with two attached hydrogens (primary N) is 1. The largest absolute Gasteiger partial charge is 0.481 e. The molecule has 0 radical (unpaired) electrons. The van der Waals surface area contributed by atoms with E-state index in [2.05, 4.69) is 0 Å². The standard InChI is InChI=1S/C23H21N3O6/c1-2-23(31)15-9-18-20-13(8-11-7-12(24)3-4-16(11)25-20)17(5-6-19(27)28)26(18)21(29)14(15)10-32-22(23)30/h3-4,7-9,17,31H,2,5-6,10,24H2,1H3,(H,27,28)/t17?,23-/m0/s1. The highest BCUT2D eigenvalue weighted by Gasteiger charge is 2.46. The lowest BCUT2D eigenvalue weighted by molar-refractivity contribution is -0.172. The lowest BCUT2D eigenvalue weighted by Crippen LogP contribution is -2.44. The van der Waals surface area contributed by atoms with Crippen molar-refractivity contribution in [1.82, 2.24) is 9.55 Å². The fourth-order valence-corrected chi connectivity index (χ4v) is 4.72. The third-order valence-electron chi connectivity index (χ3n) is 6.40. The van der Waals surface area contributed by atoms with Gasteiger partial charge in [0.05, 0.1) is 28.5 Å². The quantitative estimate of drug-likeness (QED) is 0.417. The van der Waals surface area contributed by atoms with E-state index in [0.29, 0.717) is 28.2 Å². The molecule has 0 spiro atoms. The van der Waals surface area contributed by atoms with E-state index in [1.165, 1.54) is 4.57 Å². The Labute approximate surface area is 182 Å². The maximum Gasteiger partial charge on any atom is 0.343 e. The molecule has 9 nitrogen and oxygen atoms in total. The summed E-state index contributed by atoms with van der Waals surface area (Å²) in [5.74, 6) is -1.77. The van der Waals surface area contributed by atoms with Gasteiger partial charge < -0.3 is 20.7 Å². The molecule has 2 aliphatic heterocycles. The van der Waals surface area contributed by atoms with Gasteiger partial charge in [0, 0.05) is 28.6 Å². The van der Waals surface area contributed by atoms with Crippen LogP contribution in [-0.4, -0.2) is 31.7 Å². The Kier molecular flexibility index (Phi) is 4.35. The third kappa shape index (κ3) is 2.74. The number of aromatic nitrogens is 2. The van der Waals surface area contributed by atoms with E-state index in [4.69, 9.17) is 15.5 Å². The molecule has 2 atom stereocenters. The van der Waals surface area contributed by atoms with Crippen LogP contribution in [-0.2, 0) is 26.5 Å². The van der Waals surface area contributed by atoms with Gasteiger partial charge in [-0.25, -0.2) is 9.78 Å². The molecule has 4 heterocycles. The second kappa shape index (κ2) is 6.89. The normalized spacial score (nSPS) is 21.1. The second-order valence-corrected chi connectivity index (χ2v) is 8.21. The average molecular weight is 435 g/mol. The van der Waals surface area contributed by atoms with Crippen LogP contribution in [0, 0.1) is 0 Å². The van der Waals surface area contributed by atoms with E-state index in [0.717, 1.165) is 5.39 Å². The van der Waals surface area contributed by atoms with Gasteiger partial charge in [-0.05, 0) is 43.2 Å². The number of hydrogen-bond acceptors (Lipinski definition) is 7. The van der Waals surface area contributed by atoms with Gasteiger partial charge in [0.1, 0.15) is 6.61 Å². The number of aliphatic carboxylic acids is 1. The van der Waals surface area contributed by atoms with Gasteiger partial charge in [0.25, 0.3) is 5.56 Å². The summed E-state index contributed by atoms with van der Waals surface area (Å²) in [5, 5.41) is 21.0. The van der Waals surface area contributed by atoms with Gasteiger partial charge in [-0.2, -0.15) is 0 Å². The number of anilines is 1. The maximum atomic E-state index is 13.6. The number of esters is 1. The number of aliphatic hydroxyl groups is 1. The highest BCUT2D eigenvalue weighted by Crippen LogP contribution is 2.44. The molecule has 4 N–H and O–H groups in total. The van der Waals surface area contributed by atoms with Crippen molar-refractivity contribution >= 4 is 28.5 Å². The van der Waals surface area contributed by atoms with Crippen LogP contribution in [0.1, 0.15) is 48.9 Å². The Morgan fingerprint density at radius 3 is 2.81 bits per heavy atom. The van der Waals surface area contributed by atoms with Crippen LogP contribution in [0.4, 0.5) is 5.69 Å². The highest BCUT2D eigenvalue weighted by molar-refractivity contribution is 5.88. The number of carboxylic acids is 1. The molecule has 2 aromatic heterocycles. The topological polar surface area (TPSA) is 145 Å². The van der Waals surface area contributed by atoms with E-state index in [1.807, 2.05) is 6.07 Å². The van der Waals surface area contributed by atoms with Crippen molar-refractivity contribution in [1.29, 1.82) is 0 Å². The summed E-state index contributed by atoms with van der Waals surface area (Å²) < 4.78 is 6.62. The predicted molar refractivity (Wildman–Crippen MR) is 115 cm³/mol. The summed E-state index contributed by atoms with van der Waals surface area (Å²) in [7, 11) is 0. The molecule has 0 fully saturated rings. The Hall–Kier alpha value is -3.72. The highest BCUT2D eigenvalue weighted by atomic mass is 16.6. The molecule has 3 aromatic rings. The lowest BCUT2D eigenvalue weighted by atomic mass is 9.86. The number of rotatable bonds is 4. The third-order valence-corrected chi connectivity index (χ3v) is 6.40. The van der Waals surface area contributed by atoms with Gasteiger partial charge >= 0.3 is 11.9 Å². The number of carbonyl (C=O) groups is 2. The van der Waals surface area contributed by atoms with Crippen molar-refractivity contribution in [3.8, 4) is 11.4 Å². The molecule has 1 unspecified atom stereocenters. The van der Waals surface area contributed by atoms with E-state index < -0.39 is 29.1 Å². The number of fused-ring (bicyclic) bond motifs is 5. The van der Waals surface area contributed by atoms with Crippen molar-refractivity contribution in [2.75, 3.05) is 5.73 Å². The van der Waals surface area contributed by atoms with Crippen molar-refractivity contribution < 1.29 is 24.5 Å². The molecule has 32 heavy (non-hydrogen) atoms. The number of nitrogen functional groups attached to an aromatic ring is 1. The minimum absolute atomic E-state index is 0.0431. The molecule has 2 aliphatic rings. The first-order valence-corrected chi connectivity index (χ1v) is 10.4. The van der Waals surface area contributed by atoms with E-state index in [9.17, 15) is 24.6 Å². The number of carbonyl (C=O) groups excluding carboxylic acids is 1. The van der Waals surface area contributed by atoms with E-state index in [1.54, 1.807) is 31.2 Å². The summed E-state index contributed by atoms with van der Waals surface area (Å²) in [4.78, 5) is 41.9. The van der Waals surface area contributed by atoms with Gasteiger partial charge in [-0.1, -0.05) is 6.92 Å². The number of nitrogens with zero attached hydrogens (tertiary/aromatic N) is 2. The summed E-state index contributed by atoms with van der Waals surface area (Å²) in [6.07, 6.45) is 0.0821. The Balaban J connectivity index is 1.81. The van der Waals surface area contributed by atoms with Crippen LogP contribution >= 0.6 is 0 Å². The average Bonchev–Trinajstić information content (AvgIpc) is 3.06. The van der Waals surface area contributed by atoms with Gasteiger partial charge in [-0.3, -0.25) is 14.2 Å². The second-order valence-electron chi connectivity index (χ2n) is 8.21. The van der Waals surface area contributed by atoms with Crippen molar-refractivity contribution in [2.24, 2.45) is 0 Å². The minimum Gasteiger partial charge on any atom is -0.481 e. The van der Waals surface area contributed by atoms with Gasteiger partial charge in [0.2, 0.25) is 0 Å². The number of ether oxygens (including phenoxy) is 1. The Morgan fingerprint density at radius 1 is 1.31 bits per heavy atom. The lowest BCUT2D eigenvalue weighted by Gasteiger charge is -2.32. The van der Waals surface area contributed by atoms with Crippen molar-refractivity contribution in [2.45, 2.75) is 44.4 Å². The zero-order chi connectivity index (χ0) is 22.8. The van der Waals surface area contributed by atoms with Gasteiger partial charge in [-0.15, -0.1) is 0 Å². The molecule has 9 heteroatoms. The zero-order valence-electron chi connectivity index (χ0n) is 17.3. The van der Waals surface area contributed by atoms with Crippen LogP contribution < -0.4 is 11.3 Å². The zero-order valence-corrected chi connectivity index (χ0v) is 17.3. The number of hydrogen-bond donors (Lipinski definition) is 3. The Bertz CT molecular complexity index is 1380. The molecule has 1 aromatic carbocycles. The number of cyclic esters (lactones) is 1. The van der Waals surface area contributed by atoms with Gasteiger partial charge in [0.15, 0.2) is 5.60 Å². The van der Waals surface area contributed by atoms with Crippen LogP contribution in [0.25, 0.3) is 22.3 Å². The van der Waals surface area contributed by atoms with Crippen molar-refractivity contribution in [3.63, 3.8) is 0 Å². The summed E-state index contributed by atoms with van der Waals surface area (Å²) in [6, 6.07) is 8.21. The summed E-state index contributed by atoms with van der Waals surface area (Å²) in [6.45, 7) is 1.39. The minimum atomic E-state index is -1.92. The molecule has 0 bridgehead atoms. The molecule has 0 saturated heterocycles. The number of carboxylic acid groups (broad SMARTS) is 1. The van der Waals surface area contributed by atoms with Crippen molar-refractivity contribution in [3.05, 3.63) is 57.4 Å². The maximum absolute atomic E-state index is 13.6. The molecule has 0 aliphatic carbocycles. The van der Waals surface area contributed by atoms with Crippen LogP contribution in [0.5, 0.6) is 0 Å². The van der Waals surface area contributed by atoms with Crippen LogP contribution in [0.3, 0.4) is 0 Å². The van der Waals surface area contributed by atoms with E-state index in [-0.39, 0.29) is 37.0 Å². The molecule has 0 amide bonds. The fourth-order valence-electron chi connectivity index (χ4n) is 4.72. The first-order chi connectivity index (χ1) is 15.2. The van der Waals surface area contributed by atoms with E-state index >= 15 is 0 Å². The van der Waals surface area contributed by atoms with Crippen LogP contribution in [0.2, 0.25) is 0 Å². The first kappa shape index (κ1) is 20.2. The molecule has 5 rings (SSSR count). The Morgan fingerprint density at radius 2 is 2.09 bits per heavy atom. The molecular weight excluding hydrogens is 414 g/mol. The monoisotopic (exact) mass is 435 g/mol. The smallest absolute Gasteiger partial charge is 0.343 e. The first-order valence-electron chi connectivity index (χ1n) is 10.4. The fraction of sp³-hybridized carbons (Fsp3) is 0.304. The molecular formula is C23H21N3O6. The number of benzene rings is 1. The number of pyridine rings is 2. The molecule has 0 saturated carbocycles. The SMILES string of the molecule is CC[C@@]1(O)C(=O)OCc2c1cc1n(c2=O)C(CCC(=O)O)c2cc3cc(N)ccc3nc2-1. The molecule has 164 valence electrons.